The molecule has 0 aliphatic rings. The third-order valence-corrected chi connectivity index (χ3v) is 5.35. The van der Waals surface area contributed by atoms with E-state index in [0.717, 1.165) is 34.1 Å². The first-order valence-corrected chi connectivity index (χ1v) is 11.8. The van der Waals surface area contributed by atoms with Crippen molar-refractivity contribution in [1.29, 1.82) is 0 Å². The smallest absolute Gasteiger partial charge is 0.250 e. The number of methoxy groups -OCH3 is 2. The molecule has 0 fully saturated rings. The Labute approximate surface area is 222 Å². The van der Waals surface area contributed by atoms with Crippen LogP contribution in [-0.4, -0.2) is 49.5 Å². The third kappa shape index (κ3) is 7.44. The molecule has 38 heavy (non-hydrogen) atoms. The Bertz CT molecular complexity index is 1300. The fourth-order valence-electron chi connectivity index (χ4n) is 3.32. The maximum absolute atomic E-state index is 5.23. The second-order valence-electron chi connectivity index (χ2n) is 8.25. The second-order valence-corrected chi connectivity index (χ2v) is 8.25. The minimum atomic E-state index is 0.270. The van der Waals surface area contributed by atoms with Crippen LogP contribution in [-0.2, 0) is 0 Å². The Morgan fingerprint density at radius 1 is 0.684 bits per heavy atom. The molecule has 0 atom stereocenters. The predicted octanol–water partition coefficient (Wildman–Crippen LogP) is 5.55. The van der Waals surface area contributed by atoms with Gasteiger partial charge in [0.1, 0.15) is 11.5 Å². The Balaban J connectivity index is 1.49. The summed E-state index contributed by atoms with van der Waals surface area (Å²) in [7, 11) is 7.28. The summed E-state index contributed by atoms with van der Waals surface area (Å²) < 4.78 is 10.5. The van der Waals surface area contributed by atoms with Gasteiger partial charge in [-0.25, -0.2) is 5.43 Å². The van der Waals surface area contributed by atoms with Crippen molar-refractivity contribution in [2.24, 2.45) is 5.10 Å². The number of ether oxygens (including phenoxy) is 2. The summed E-state index contributed by atoms with van der Waals surface area (Å²) in [5.74, 6) is 2.47. The molecule has 194 valence electrons. The zero-order valence-corrected chi connectivity index (χ0v) is 21.7. The predicted molar refractivity (Wildman–Crippen MR) is 154 cm³/mol. The van der Waals surface area contributed by atoms with E-state index in [-0.39, 0.29) is 5.95 Å². The Hall–Kier alpha value is -5.12. The maximum Gasteiger partial charge on any atom is 0.250 e. The molecule has 1 heterocycles. The molecule has 4 rings (SSSR count). The minimum Gasteiger partial charge on any atom is -0.497 e. The van der Waals surface area contributed by atoms with E-state index in [0.29, 0.717) is 11.9 Å². The SMILES string of the molecule is COc1ccc(Nc2nc(N/N=C/C=C/c3ccc(N(C)C)cc3)nc(Nc3ccc(OC)cc3)n2)cc1. The van der Waals surface area contributed by atoms with Gasteiger partial charge in [-0.05, 0) is 72.3 Å². The number of rotatable bonds is 11. The van der Waals surface area contributed by atoms with Gasteiger partial charge in [0.25, 0.3) is 0 Å². The molecule has 0 unspecified atom stereocenters. The summed E-state index contributed by atoms with van der Waals surface area (Å²) in [5, 5.41) is 10.6. The van der Waals surface area contributed by atoms with Crippen LogP contribution in [0.1, 0.15) is 5.56 Å². The van der Waals surface area contributed by atoms with Gasteiger partial charge in [0.2, 0.25) is 17.8 Å². The number of allylic oxidation sites excluding steroid dienone is 1. The summed E-state index contributed by atoms with van der Waals surface area (Å²) in [4.78, 5) is 15.4. The number of aromatic nitrogens is 3. The number of hydrogen-bond donors (Lipinski definition) is 3. The van der Waals surface area contributed by atoms with Gasteiger partial charge in [-0.15, -0.1) is 0 Å². The lowest BCUT2D eigenvalue weighted by molar-refractivity contribution is 0.415. The molecule has 10 nitrogen and oxygen atoms in total. The standard InChI is InChI=1S/C28H30N8O2/c1-36(2)23-13-7-20(8-14-23)6-5-19-29-35-28-33-26(30-21-9-15-24(37-3)16-10-21)32-27(34-28)31-22-11-17-25(38-4)18-12-22/h5-19H,1-4H3,(H3,30,31,32,33,34,35)/b6-5+,29-19+. The van der Waals surface area contributed by atoms with Gasteiger partial charge < -0.3 is 25.0 Å². The maximum atomic E-state index is 5.23. The van der Waals surface area contributed by atoms with Gasteiger partial charge in [0.05, 0.1) is 14.2 Å². The zero-order chi connectivity index (χ0) is 26.7. The molecule has 10 heteroatoms. The summed E-state index contributed by atoms with van der Waals surface area (Å²) in [5.41, 5.74) is 6.68. The highest BCUT2D eigenvalue weighted by atomic mass is 16.5. The Morgan fingerprint density at radius 3 is 1.66 bits per heavy atom. The second kappa shape index (κ2) is 12.7. The van der Waals surface area contributed by atoms with Crippen LogP contribution in [0, 0.1) is 0 Å². The molecule has 3 aromatic carbocycles. The van der Waals surface area contributed by atoms with E-state index in [1.165, 1.54) is 0 Å². The van der Waals surface area contributed by atoms with E-state index in [4.69, 9.17) is 9.47 Å². The van der Waals surface area contributed by atoms with Crippen molar-refractivity contribution in [3.63, 3.8) is 0 Å². The quantitative estimate of drug-likeness (QED) is 0.177. The highest BCUT2D eigenvalue weighted by Gasteiger charge is 2.08. The summed E-state index contributed by atoms with van der Waals surface area (Å²) in [6.07, 6.45) is 5.44. The van der Waals surface area contributed by atoms with Crippen molar-refractivity contribution in [2.45, 2.75) is 0 Å². The van der Waals surface area contributed by atoms with Gasteiger partial charge in [-0.2, -0.15) is 20.1 Å². The number of anilines is 6. The van der Waals surface area contributed by atoms with Gasteiger partial charge in [-0.1, -0.05) is 18.2 Å². The molecule has 0 saturated heterocycles. The molecule has 4 aromatic rings. The first kappa shape index (κ1) is 26.0. The van der Waals surface area contributed by atoms with Gasteiger partial charge in [0, 0.05) is 37.4 Å². The van der Waals surface area contributed by atoms with Crippen LogP contribution in [0.15, 0.2) is 84.0 Å². The highest BCUT2D eigenvalue weighted by molar-refractivity contribution is 5.79. The van der Waals surface area contributed by atoms with E-state index < -0.39 is 0 Å². The molecule has 1 aromatic heterocycles. The molecule has 0 aliphatic carbocycles. The molecule has 0 radical (unpaired) electrons. The number of benzene rings is 3. The van der Waals surface area contributed by atoms with Gasteiger partial charge in [-0.3, -0.25) is 0 Å². The van der Waals surface area contributed by atoms with Crippen molar-refractivity contribution in [1.82, 2.24) is 15.0 Å². The van der Waals surface area contributed by atoms with E-state index in [1.807, 2.05) is 86.9 Å². The van der Waals surface area contributed by atoms with Crippen molar-refractivity contribution in [3.05, 3.63) is 84.4 Å². The Kier molecular flexibility index (Phi) is 8.69. The van der Waals surface area contributed by atoms with Crippen molar-refractivity contribution in [3.8, 4) is 11.5 Å². The highest BCUT2D eigenvalue weighted by Crippen LogP contribution is 2.22. The number of hydrazone groups is 1. The summed E-state index contributed by atoms with van der Waals surface area (Å²) in [6, 6.07) is 23.1. The summed E-state index contributed by atoms with van der Waals surface area (Å²) in [6.45, 7) is 0. The summed E-state index contributed by atoms with van der Waals surface area (Å²) >= 11 is 0. The molecular formula is C28H30N8O2. The largest absolute Gasteiger partial charge is 0.497 e. The first-order valence-electron chi connectivity index (χ1n) is 11.8. The van der Waals surface area contributed by atoms with E-state index in [2.05, 4.69) is 53.1 Å². The lowest BCUT2D eigenvalue weighted by atomic mass is 10.2. The minimum absolute atomic E-state index is 0.270. The Morgan fingerprint density at radius 2 is 1.18 bits per heavy atom. The molecule has 0 aliphatic heterocycles. The van der Waals surface area contributed by atoms with E-state index >= 15 is 0 Å². The molecular weight excluding hydrogens is 480 g/mol. The van der Waals surface area contributed by atoms with Crippen LogP contribution >= 0.6 is 0 Å². The fourth-order valence-corrected chi connectivity index (χ4v) is 3.32. The molecule has 0 amide bonds. The lowest BCUT2D eigenvalue weighted by Gasteiger charge is -2.11. The first-order chi connectivity index (χ1) is 18.5. The van der Waals surface area contributed by atoms with E-state index in [1.54, 1.807) is 20.4 Å². The van der Waals surface area contributed by atoms with Crippen LogP contribution in [0.3, 0.4) is 0 Å². The average molecular weight is 511 g/mol. The molecule has 3 N–H and O–H groups in total. The van der Waals surface area contributed by atoms with Crippen molar-refractivity contribution in [2.75, 3.05) is 49.3 Å². The fraction of sp³-hybridized carbons (Fsp3) is 0.143. The van der Waals surface area contributed by atoms with Crippen molar-refractivity contribution >= 4 is 47.2 Å². The number of nitrogens with zero attached hydrogens (tertiary/aromatic N) is 5. The van der Waals surface area contributed by atoms with Gasteiger partial charge in [0.15, 0.2) is 0 Å². The van der Waals surface area contributed by atoms with Crippen LogP contribution in [0.5, 0.6) is 11.5 Å². The lowest BCUT2D eigenvalue weighted by Crippen LogP contribution is -2.07. The molecule has 0 bridgehead atoms. The van der Waals surface area contributed by atoms with Crippen LogP contribution in [0.2, 0.25) is 0 Å². The monoisotopic (exact) mass is 510 g/mol. The normalized spacial score (nSPS) is 10.9. The molecule has 0 saturated carbocycles. The third-order valence-electron chi connectivity index (χ3n) is 5.35. The van der Waals surface area contributed by atoms with Crippen molar-refractivity contribution < 1.29 is 9.47 Å². The average Bonchev–Trinajstić information content (AvgIpc) is 2.94. The number of hydrogen-bond acceptors (Lipinski definition) is 10. The topological polar surface area (TPSA) is 109 Å². The van der Waals surface area contributed by atoms with Crippen LogP contribution < -0.4 is 30.4 Å². The van der Waals surface area contributed by atoms with Crippen LogP contribution in [0.25, 0.3) is 6.08 Å². The zero-order valence-electron chi connectivity index (χ0n) is 21.7. The van der Waals surface area contributed by atoms with E-state index in [9.17, 15) is 0 Å². The number of nitrogens with one attached hydrogen (secondary N) is 3. The molecule has 0 spiro atoms. The van der Waals surface area contributed by atoms with Crippen LogP contribution in [0.4, 0.5) is 34.9 Å². The van der Waals surface area contributed by atoms with Gasteiger partial charge >= 0.3 is 0 Å².